The highest BCUT2D eigenvalue weighted by atomic mass is 14.8. The van der Waals surface area contributed by atoms with Crippen LogP contribution in [0.25, 0.3) is 6.08 Å². The first kappa shape index (κ1) is 57.2. The van der Waals surface area contributed by atoms with Crippen molar-refractivity contribution in [1.82, 2.24) is 0 Å². The summed E-state index contributed by atoms with van der Waals surface area (Å²) in [6, 6.07) is 17.3. The van der Waals surface area contributed by atoms with Gasteiger partial charge in [0, 0.05) is 19.1 Å². The van der Waals surface area contributed by atoms with Crippen molar-refractivity contribution in [3.63, 3.8) is 0 Å². The summed E-state index contributed by atoms with van der Waals surface area (Å²) in [6.07, 6.45) is 62.0. The molecule has 2 nitrogen and oxygen atoms in total. The first-order valence-corrected chi connectivity index (χ1v) is 28.2. The molecule has 0 radical (unpaired) electrons. The van der Waals surface area contributed by atoms with E-state index in [0.717, 1.165) is 68.5 Å². The molecule has 0 atom stereocenters. The maximum Gasteiger partial charge on any atom is 0.0662 e. The van der Waals surface area contributed by atoms with Crippen LogP contribution in [0, 0.1) is 11.8 Å². The lowest BCUT2D eigenvalue weighted by molar-refractivity contribution is 0.517. The van der Waals surface area contributed by atoms with Crippen molar-refractivity contribution in [2.75, 3.05) is 0 Å². The summed E-state index contributed by atoms with van der Waals surface area (Å²) >= 11 is 0. The van der Waals surface area contributed by atoms with Gasteiger partial charge >= 0.3 is 0 Å². The van der Waals surface area contributed by atoms with E-state index in [1.54, 1.807) is 0 Å². The Morgan fingerprint density at radius 1 is 0.453 bits per heavy atom. The second-order valence-corrected chi connectivity index (χ2v) is 19.3. The summed E-state index contributed by atoms with van der Waals surface area (Å²) in [5, 5.41) is 0. The van der Waals surface area contributed by atoms with E-state index in [0.29, 0.717) is 0 Å². The van der Waals surface area contributed by atoms with E-state index in [-0.39, 0.29) is 0 Å². The zero-order valence-electron chi connectivity index (χ0n) is 42.7. The molecule has 0 aliphatic rings. The first-order valence-electron chi connectivity index (χ1n) is 28.2. The second kappa shape index (κ2) is 45.2. The van der Waals surface area contributed by atoms with Gasteiger partial charge in [-0.3, -0.25) is 9.98 Å². The van der Waals surface area contributed by atoms with Crippen LogP contribution in [0.2, 0.25) is 0 Å². The summed E-state index contributed by atoms with van der Waals surface area (Å²) in [5.74, 6) is 6.88. The number of rotatable bonds is 44. The summed E-state index contributed by atoms with van der Waals surface area (Å²) in [4.78, 5) is 10.1. The third-order valence-corrected chi connectivity index (χ3v) is 13.1. The Balaban J connectivity index is 1.56. The molecule has 0 aliphatic carbocycles. The van der Waals surface area contributed by atoms with Gasteiger partial charge in [-0.2, -0.15) is 0 Å². The maximum absolute atomic E-state index is 5.10. The highest BCUT2D eigenvalue weighted by molar-refractivity contribution is 6.31. The summed E-state index contributed by atoms with van der Waals surface area (Å²) in [7, 11) is 0. The molecular formula is C62H102N2. The van der Waals surface area contributed by atoms with Crippen LogP contribution in [-0.4, -0.2) is 11.9 Å². The Morgan fingerprint density at radius 2 is 0.906 bits per heavy atom. The topological polar surface area (TPSA) is 24.7 Å². The zero-order valence-corrected chi connectivity index (χ0v) is 42.7. The Labute approximate surface area is 399 Å². The van der Waals surface area contributed by atoms with Gasteiger partial charge in [0.2, 0.25) is 0 Å². The summed E-state index contributed by atoms with van der Waals surface area (Å²) in [6.45, 7) is 6.85. The van der Waals surface area contributed by atoms with E-state index in [2.05, 4.69) is 93.3 Å². The molecule has 0 aromatic heterocycles. The number of benzene rings is 2. The van der Waals surface area contributed by atoms with E-state index < -0.39 is 0 Å². The number of hydrogen-bond donors (Lipinski definition) is 0. The Kier molecular flexibility index (Phi) is 40.4. The molecule has 2 aromatic rings. The van der Waals surface area contributed by atoms with E-state index in [4.69, 9.17) is 9.98 Å². The number of hydrogen-bond acceptors (Lipinski definition) is 2. The van der Waals surface area contributed by atoms with Gasteiger partial charge in [-0.05, 0) is 74.3 Å². The van der Waals surface area contributed by atoms with Gasteiger partial charge in [0.05, 0.1) is 17.1 Å². The molecule has 64 heavy (non-hydrogen) atoms. The van der Waals surface area contributed by atoms with Crippen molar-refractivity contribution in [3.05, 3.63) is 65.7 Å². The molecule has 2 rings (SSSR count). The number of nitrogens with zero attached hydrogens (tertiary/aromatic N) is 2. The van der Waals surface area contributed by atoms with Gasteiger partial charge in [0.25, 0.3) is 0 Å². The monoisotopic (exact) mass is 875 g/mol. The van der Waals surface area contributed by atoms with Crippen molar-refractivity contribution in [1.29, 1.82) is 0 Å². The third kappa shape index (κ3) is 35.4. The van der Waals surface area contributed by atoms with Gasteiger partial charge in [-0.1, -0.05) is 269 Å². The Bertz CT molecular complexity index is 1470. The molecule has 0 amide bonds. The lowest BCUT2D eigenvalue weighted by atomic mass is 10.0. The first-order chi connectivity index (χ1) is 31.8. The highest BCUT2D eigenvalue weighted by Crippen LogP contribution is 2.22. The normalized spacial score (nSPS) is 11.9. The highest BCUT2D eigenvalue weighted by Gasteiger charge is 2.03. The minimum Gasteiger partial charge on any atom is -0.255 e. The quantitative estimate of drug-likeness (QED) is 0.0360. The van der Waals surface area contributed by atoms with Crippen molar-refractivity contribution in [2.45, 2.75) is 284 Å². The van der Waals surface area contributed by atoms with Crippen LogP contribution in [-0.2, 0) is 6.42 Å². The minimum atomic E-state index is 0.941. The molecule has 0 N–H and O–H groups in total. The standard InChI is InChI=1S/C62H102N2/c1-4-7-10-12-14-16-18-20-22-23-24-25-26-27-28-29-30-31-32-33-34-36-38-40-42-44-49-58-50-48-54-60(56-58)64-61(53-9-6-3)57-63-62-55-47-46-52-59(62)51-45-43-41-39-37-35-21-19-17-15-13-11-8-5-2/h44,46-50,52,54-57H,4-38,40,42-43,45,51,53H2,1-3H3/b49-44+,63-57?,64-61?. The van der Waals surface area contributed by atoms with Gasteiger partial charge in [-0.25, -0.2) is 0 Å². The van der Waals surface area contributed by atoms with Gasteiger partial charge in [0.15, 0.2) is 0 Å². The van der Waals surface area contributed by atoms with Crippen LogP contribution in [0.1, 0.15) is 289 Å². The SMILES string of the molecule is CCCCCCCCCCCC#CCCCc1ccccc1N=CC(CCCC)=Nc1cccc(/C=C/CCCCCCCCCCCCCCCCCCCCCCCCCC)c1. The van der Waals surface area contributed by atoms with Crippen molar-refractivity contribution < 1.29 is 0 Å². The molecule has 2 aromatic carbocycles. The van der Waals surface area contributed by atoms with E-state index in [1.165, 1.54) is 223 Å². The van der Waals surface area contributed by atoms with Gasteiger partial charge < -0.3 is 0 Å². The maximum atomic E-state index is 5.10. The van der Waals surface area contributed by atoms with Crippen LogP contribution < -0.4 is 0 Å². The zero-order chi connectivity index (χ0) is 45.5. The van der Waals surface area contributed by atoms with Crippen LogP contribution in [0.15, 0.2) is 64.6 Å². The van der Waals surface area contributed by atoms with Crippen molar-refractivity contribution in [3.8, 4) is 11.8 Å². The average molecular weight is 876 g/mol. The fraction of sp³-hybridized carbons (Fsp3) is 0.710. The summed E-state index contributed by atoms with van der Waals surface area (Å²) < 4.78 is 0. The van der Waals surface area contributed by atoms with E-state index >= 15 is 0 Å². The molecule has 0 fully saturated rings. The minimum absolute atomic E-state index is 0.941. The smallest absolute Gasteiger partial charge is 0.0662 e. The molecular weight excluding hydrogens is 773 g/mol. The van der Waals surface area contributed by atoms with E-state index in [9.17, 15) is 0 Å². The predicted octanol–water partition coefficient (Wildman–Crippen LogP) is 21.4. The molecule has 0 aliphatic heterocycles. The van der Waals surface area contributed by atoms with Crippen LogP contribution >= 0.6 is 0 Å². The fourth-order valence-electron chi connectivity index (χ4n) is 8.88. The molecule has 0 bridgehead atoms. The molecule has 0 saturated heterocycles. The second-order valence-electron chi connectivity index (χ2n) is 19.3. The number of unbranched alkanes of at least 4 members (excludes halogenated alkanes) is 35. The van der Waals surface area contributed by atoms with Crippen molar-refractivity contribution in [2.24, 2.45) is 9.98 Å². The van der Waals surface area contributed by atoms with Gasteiger partial charge in [-0.15, -0.1) is 11.8 Å². The Morgan fingerprint density at radius 3 is 1.42 bits per heavy atom. The third-order valence-electron chi connectivity index (χ3n) is 13.1. The fourth-order valence-corrected chi connectivity index (χ4v) is 8.88. The number of aryl methyl sites for hydroxylation is 1. The van der Waals surface area contributed by atoms with Crippen molar-refractivity contribution >= 4 is 29.4 Å². The average Bonchev–Trinajstić information content (AvgIpc) is 3.31. The molecule has 2 heteroatoms. The van der Waals surface area contributed by atoms with Crippen LogP contribution in [0.4, 0.5) is 11.4 Å². The van der Waals surface area contributed by atoms with Crippen LogP contribution in [0.5, 0.6) is 0 Å². The lowest BCUT2D eigenvalue weighted by Gasteiger charge is -2.06. The van der Waals surface area contributed by atoms with Gasteiger partial charge in [0.1, 0.15) is 0 Å². The molecule has 0 unspecified atom stereocenters. The predicted molar refractivity (Wildman–Crippen MR) is 290 cm³/mol. The molecule has 0 heterocycles. The summed E-state index contributed by atoms with van der Waals surface area (Å²) in [5.41, 5.74) is 5.67. The molecule has 360 valence electrons. The Hall–Kier alpha value is -2.92. The van der Waals surface area contributed by atoms with E-state index in [1.807, 2.05) is 6.21 Å². The number of para-hydroxylation sites is 1. The van der Waals surface area contributed by atoms with Crippen LogP contribution in [0.3, 0.4) is 0 Å². The number of aliphatic imine (C=N–C) groups is 2. The largest absolute Gasteiger partial charge is 0.255 e. The lowest BCUT2D eigenvalue weighted by Crippen LogP contribution is -2.00. The number of allylic oxidation sites excluding steroid dienone is 1. The molecule has 0 spiro atoms. The molecule has 0 saturated carbocycles.